The lowest BCUT2D eigenvalue weighted by Gasteiger charge is -2.08. The first kappa shape index (κ1) is 14.9. The molecule has 1 atom stereocenters. The van der Waals surface area contributed by atoms with E-state index in [-0.39, 0.29) is 18.1 Å². The predicted octanol–water partition coefficient (Wildman–Crippen LogP) is 1.41. The Morgan fingerprint density at radius 1 is 1.63 bits per heavy atom. The Morgan fingerprint density at radius 2 is 2.26 bits per heavy atom. The van der Waals surface area contributed by atoms with E-state index in [1.807, 2.05) is 6.92 Å². The highest BCUT2D eigenvalue weighted by Crippen LogP contribution is 2.29. The van der Waals surface area contributed by atoms with Crippen molar-refractivity contribution in [2.45, 2.75) is 26.7 Å². The topological polar surface area (TPSA) is 110 Å². The van der Waals surface area contributed by atoms with Crippen molar-refractivity contribution in [3.05, 3.63) is 15.8 Å². The maximum atomic E-state index is 11.1. The number of carboxylic acid groups (broad SMARTS) is 1. The maximum absolute atomic E-state index is 11.1. The third-order valence-electron chi connectivity index (χ3n) is 2.76. The molecule has 0 saturated heterocycles. The summed E-state index contributed by atoms with van der Waals surface area (Å²) in [6.45, 7) is 3.56. The number of nitrogens with zero attached hydrogens (tertiary/aromatic N) is 3. The second-order valence-electron chi connectivity index (χ2n) is 4.39. The molecule has 19 heavy (non-hydrogen) atoms. The van der Waals surface area contributed by atoms with E-state index in [4.69, 9.17) is 5.11 Å². The highest BCUT2D eigenvalue weighted by Gasteiger charge is 2.26. The smallest absolute Gasteiger partial charge is 0.333 e. The molecule has 0 spiro atoms. The number of anilines is 1. The van der Waals surface area contributed by atoms with Crippen molar-refractivity contribution in [3.8, 4) is 0 Å². The molecule has 8 nitrogen and oxygen atoms in total. The Labute approximate surface area is 110 Å². The van der Waals surface area contributed by atoms with Gasteiger partial charge in [-0.1, -0.05) is 20.3 Å². The number of aromatic nitrogens is 2. The molecule has 0 aromatic carbocycles. The second kappa shape index (κ2) is 6.17. The van der Waals surface area contributed by atoms with Crippen LogP contribution in [-0.4, -0.2) is 32.3 Å². The first-order valence-electron chi connectivity index (χ1n) is 6.05. The maximum Gasteiger partial charge on any atom is 0.333 e. The molecule has 1 aromatic heterocycles. The molecule has 0 aliphatic heterocycles. The number of aryl methyl sites for hydroxylation is 2. The number of hydrogen-bond donors (Lipinski definition) is 2. The van der Waals surface area contributed by atoms with E-state index in [9.17, 15) is 14.9 Å². The highest BCUT2D eigenvalue weighted by atomic mass is 16.6. The van der Waals surface area contributed by atoms with Crippen LogP contribution in [0.3, 0.4) is 0 Å². The monoisotopic (exact) mass is 270 g/mol. The van der Waals surface area contributed by atoms with E-state index in [2.05, 4.69) is 10.4 Å². The van der Waals surface area contributed by atoms with Gasteiger partial charge in [0.25, 0.3) is 0 Å². The van der Waals surface area contributed by atoms with Crippen LogP contribution >= 0.6 is 0 Å². The average molecular weight is 270 g/mol. The number of carbonyl (C=O) groups is 1. The van der Waals surface area contributed by atoms with E-state index in [1.54, 1.807) is 7.05 Å². The van der Waals surface area contributed by atoms with Gasteiger partial charge in [-0.15, -0.1) is 0 Å². The lowest BCUT2D eigenvalue weighted by molar-refractivity contribution is -0.384. The van der Waals surface area contributed by atoms with E-state index in [0.717, 1.165) is 6.42 Å². The van der Waals surface area contributed by atoms with Gasteiger partial charge in [0.1, 0.15) is 5.69 Å². The van der Waals surface area contributed by atoms with Crippen LogP contribution in [0.2, 0.25) is 0 Å². The number of hydrogen-bond acceptors (Lipinski definition) is 5. The summed E-state index contributed by atoms with van der Waals surface area (Å²) in [7, 11) is 1.60. The molecular formula is C11H18N4O4. The van der Waals surface area contributed by atoms with Crippen molar-refractivity contribution in [2.24, 2.45) is 13.0 Å². The Bertz CT molecular complexity index is 483. The van der Waals surface area contributed by atoms with Crippen LogP contribution in [0.25, 0.3) is 0 Å². The minimum Gasteiger partial charge on any atom is -0.481 e. The van der Waals surface area contributed by atoms with Gasteiger partial charge >= 0.3 is 11.7 Å². The zero-order valence-electron chi connectivity index (χ0n) is 11.2. The van der Waals surface area contributed by atoms with Gasteiger partial charge < -0.3 is 10.4 Å². The molecule has 0 amide bonds. The Hall–Kier alpha value is -2.12. The predicted molar refractivity (Wildman–Crippen MR) is 69.1 cm³/mol. The van der Waals surface area contributed by atoms with Crippen molar-refractivity contribution in [1.82, 2.24) is 9.78 Å². The molecule has 0 radical (unpaired) electrons. The van der Waals surface area contributed by atoms with Gasteiger partial charge in [0.05, 0.1) is 10.8 Å². The molecule has 0 bridgehead atoms. The first-order valence-corrected chi connectivity index (χ1v) is 6.05. The standard InChI is InChI=1S/C11H18N4O4/c1-4-5-8-9(15(18)19)10(14(3)13-8)12-6-7(2)11(16)17/h7,12H,4-6H2,1-3H3,(H,16,17). The van der Waals surface area contributed by atoms with Crippen LogP contribution in [0.5, 0.6) is 0 Å². The highest BCUT2D eigenvalue weighted by molar-refractivity contribution is 5.70. The molecule has 106 valence electrons. The van der Waals surface area contributed by atoms with Crippen LogP contribution in [-0.2, 0) is 18.3 Å². The van der Waals surface area contributed by atoms with Crippen LogP contribution in [0, 0.1) is 16.0 Å². The van der Waals surface area contributed by atoms with E-state index >= 15 is 0 Å². The molecule has 1 unspecified atom stereocenters. The summed E-state index contributed by atoms with van der Waals surface area (Å²) < 4.78 is 1.39. The van der Waals surface area contributed by atoms with Gasteiger partial charge in [-0.3, -0.25) is 14.9 Å². The molecule has 0 saturated carbocycles. The number of carboxylic acids is 1. The third kappa shape index (κ3) is 3.43. The fraction of sp³-hybridized carbons (Fsp3) is 0.636. The third-order valence-corrected chi connectivity index (χ3v) is 2.76. The van der Waals surface area contributed by atoms with Crippen molar-refractivity contribution in [3.63, 3.8) is 0 Å². The second-order valence-corrected chi connectivity index (χ2v) is 4.39. The molecule has 1 rings (SSSR count). The fourth-order valence-electron chi connectivity index (χ4n) is 1.70. The van der Waals surface area contributed by atoms with Crippen LogP contribution in [0.4, 0.5) is 11.5 Å². The Kier molecular flexibility index (Phi) is 4.85. The molecule has 1 heterocycles. The summed E-state index contributed by atoms with van der Waals surface area (Å²) in [6.07, 6.45) is 1.27. The summed E-state index contributed by atoms with van der Waals surface area (Å²) in [6, 6.07) is 0. The van der Waals surface area contributed by atoms with Gasteiger partial charge in [-0.2, -0.15) is 5.10 Å². The van der Waals surface area contributed by atoms with Crippen molar-refractivity contribution >= 4 is 17.5 Å². The molecule has 0 aliphatic rings. The van der Waals surface area contributed by atoms with Gasteiger partial charge in [-0.25, -0.2) is 4.68 Å². The summed E-state index contributed by atoms with van der Waals surface area (Å²) in [5, 5.41) is 26.8. The van der Waals surface area contributed by atoms with Crippen LogP contribution in [0.15, 0.2) is 0 Å². The Morgan fingerprint density at radius 3 is 2.74 bits per heavy atom. The van der Waals surface area contributed by atoms with Gasteiger partial charge in [0, 0.05) is 13.6 Å². The minimum atomic E-state index is -0.953. The first-order chi connectivity index (χ1) is 8.88. The molecular weight excluding hydrogens is 252 g/mol. The van der Waals surface area contributed by atoms with E-state index < -0.39 is 16.8 Å². The average Bonchev–Trinajstić information content (AvgIpc) is 2.62. The minimum absolute atomic E-state index is 0.0676. The normalized spacial score (nSPS) is 12.2. The van der Waals surface area contributed by atoms with E-state index in [1.165, 1.54) is 11.6 Å². The van der Waals surface area contributed by atoms with Crippen LogP contribution < -0.4 is 5.32 Å². The molecule has 0 fully saturated rings. The van der Waals surface area contributed by atoms with E-state index in [0.29, 0.717) is 12.1 Å². The zero-order chi connectivity index (χ0) is 14.6. The lowest BCUT2D eigenvalue weighted by atomic mass is 10.2. The molecule has 1 aromatic rings. The number of nitro groups is 1. The van der Waals surface area contributed by atoms with Crippen molar-refractivity contribution < 1.29 is 14.8 Å². The van der Waals surface area contributed by atoms with Crippen LogP contribution in [0.1, 0.15) is 26.0 Å². The lowest BCUT2D eigenvalue weighted by Crippen LogP contribution is -2.21. The Balaban J connectivity index is 2.99. The quantitative estimate of drug-likeness (QED) is 0.572. The van der Waals surface area contributed by atoms with Crippen molar-refractivity contribution in [1.29, 1.82) is 0 Å². The fourth-order valence-corrected chi connectivity index (χ4v) is 1.70. The SMILES string of the molecule is CCCc1nn(C)c(NCC(C)C(=O)O)c1[N+](=O)[O-]. The summed E-state index contributed by atoms with van der Waals surface area (Å²) in [5.74, 6) is -1.34. The number of nitrogens with one attached hydrogen (secondary N) is 1. The molecule has 8 heteroatoms. The van der Waals surface area contributed by atoms with Gasteiger partial charge in [-0.05, 0) is 6.42 Å². The zero-order valence-corrected chi connectivity index (χ0v) is 11.2. The van der Waals surface area contributed by atoms with Gasteiger partial charge in [0.2, 0.25) is 5.82 Å². The summed E-state index contributed by atoms with van der Waals surface area (Å²) in [5.41, 5.74) is 0.349. The summed E-state index contributed by atoms with van der Waals surface area (Å²) >= 11 is 0. The molecule has 2 N–H and O–H groups in total. The van der Waals surface area contributed by atoms with Crippen molar-refractivity contribution in [2.75, 3.05) is 11.9 Å². The number of aliphatic carboxylic acids is 1. The largest absolute Gasteiger partial charge is 0.481 e. The molecule has 0 aliphatic carbocycles. The summed E-state index contributed by atoms with van der Waals surface area (Å²) in [4.78, 5) is 21.4. The van der Waals surface area contributed by atoms with Gasteiger partial charge in [0.15, 0.2) is 0 Å². The number of rotatable bonds is 7.